The molecule has 0 aliphatic carbocycles. The molecule has 4 heteroatoms. The Kier molecular flexibility index (Phi) is 12.0. The lowest BCUT2D eigenvalue weighted by Crippen LogP contribution is -2.21. The molecule has 1 unspecified atom stereocenters. The van der Waals surface area contributed by atoms with Crippen molar-refractivity contribution in [3.05, 3.63) is 12.2 Å². The van der Waals surface area contributed by atoms with Gasteiger partial charge in [-0.25, -0.2) is 4.79 Å². The first-order valence-corrected chi connectivity index (χ1v) is 6.83. The Bertz CT molecular complexity index is 226. The number of hydrogen-bond donors (Lipinski definition) is 2. The molecular weight excluding hydrogens is 232 g/mol. The number of allylic oxidation sites excluding steroid dienone is 1. The van der Waals surface area contributed by atoms with Crippen LogP contribution in [-0.4, -0.2) is 35.5 Å². The first kappa shape index (κ1) is 17.1. The molecule has 1 atom stereocenters. The summed E-state index contributed by atoms with van der Waals surface area (Å²) in [5.74, 6) is -0.464. The van der Waals surface area contributed by atoms with Gasteiger partial charge in [-0.05, 0) is 12.8 Å². The molecule has 0 amide bonds. The third-order valence-corrected chi connectivity index (χ3v) is 2.61. The van der Waals surface area contributed by atoms with Crippen LogP contribution in [0.5, 0.6) is 0 Å². The van der Waals surface area contributed by atoms with Gasteiger partial charge in [0.1, 0.15) is 12.7 Å². The zero-order chi connectivity index (χ0) is 13.6. The molecule has 0 aliphatic rings. The molecule has 0 bridgehead atoms. The zero-order valence-electron chi connectivity index (χ0n) is 11.3. The minimum Gasteiger partial charge on any atom is -0.460 e. The maximum atomic E-state index is 11.1. The van der Waals surface area contributed by atoms with Crippen LogP contribution in [0.2, 0.25) is 0 Å². The summed E-state index contributed by atoms with van der Waals surface area (Å²) in [6.07, 6.45) is 10.5. The van der Waals surface area contributed by atoms with E-state index in [4.69, 9.17) is 14.9 Å². The van der Waals surface area contributed by atoms with Gasteiger partial charge in [0, 0.05) is 6.08 Å². The highest BCUT2D eigenvalue weighted by atomic mass is 16.5. The van der Waals surface area contributed by atoms with Crippen molar-refractivity contribution in [1.29, 1.82) is 0 Å². The monoisotopic (exact) mass is 258 g/mol. The number of carbonyl (C=O) groups excluding carboxylic acids is 1. The second-order valence-corrected chi connectivity index (χ2v) is 4.43. The van der Waals surface area contributed by atoms with E-state index in [2.05, 4.69) is 6.92 Å². The standard InChI is InChI=1S/C14H26O4/c1-2-3-4-5-6-7-8-9-10-14(17)18-12-13(16)11-15/h9-10,13,15-16H,2-8,11-12H2,1H3/b10-9+. The van der Waals surface area contributed by atoms with E-state index in [0.29, 0.717) is 0 Å². The van der Waals surface area contributed by atoms with E-state index in [1.807, 2.05) is 0 Å². The second kappa shape index (κ2) is 12.6. The quantitative estimate of drug-likeness (QED) is 0.339. The number of rotatable bonds is 11. The molecule has 0 aromatic rings. The van der Waals surface area contributed by atoms with E-state index in [1.165, 1.54) is 38.2 Å². The van der Waals surface area contributed by atoms with Crippen molar-refractivity contribution < 1.29 is 19.7 Å². The van der Waals surface area contributed by atoms with Crippen LogP contribution in [0.1, 0.15) is 51.9 Å². The van der Waals surface area contributed by atoms with Crippen LogP contribution in [-0.2, 0) is 9.53 Å². The Labute approximate surface area is 110 Å². The van der Waals surface area contributed by atoms with Gasteiger partial charge >= 0.3 is 5.97 Å². The fourth-order valence-corrected chi connectivity index (χ4v) is 1.50. The van der Waals surface area contributed by atoms with Crippen LogP contribution in [0.25, 0.3) is 0 Å². The first-order valence-electron chi connectivity index (χ1n) is 6.83. The highest BCUT2D eigenvalue weighted by Crippen LogP contribution is 2.07. The SMILES string of the molecule is CCCCCCCC/C=C/C(=O)OCC(O)CO. The fourth-order valence-electron chi connectivity index (χ4n) is 1.50. The van der Waals surface area contributed by atoms with Crippen LogP contribution in [0.3, 0.4) is 0 Å². The maximum absolute atomic E-state index is 11.1. The van der Waals surface area contributed by atoms with Crippen molar-refractivity contribution in [2.75, 3.05) is 13.2 Å². The van der Waals surface area contributed by atoms with Gasteiger partial charge in [0.2, 0.25) is 0 Å². The zero-order valence-corrected chi connectivity index (χ0v) is 11.3. The second-order valence-electron chi connectivity index (χ2n) is 4.43. The first-order chi connectivity index (χ1) is 8.70. The lowest BCUT2D eigenvalue weighted by atomic mass is 10.1. The van der Waals surface area contributed by atoms with Gasteiger partial charge in [-0.15, -0.1) is 0 Å². The number of unbranched alkanes of at least 4 members (excludes halogenated alkanes) is 6. The van der Waals surface area contributed by atoms with Gasteiger partial charge in [0.15, 0.2) is 0 Å². The van der Waals surface area contributed by atoms with Crippen LogP contribution < -0.4 is 0 Å². The maximum Gasteiger partial charge on any atom is 0.330 e. The van der Waals surface area contributed by atoms with Crippen LogP contribution in [0.15, 0.2) is 12.2 Å². The number of ether oxygens (including phenoxy) is 1. The molecule has 0 fully saturated rings. The molecule has 0 rings (SSSR count). The average molecular weight is 258 g/mol. The minimum absolute atomic E-state index is 0.156. The molecule has 0 saturated heterocycles. The average Bonchev–Trinajstić information content (AvgIpc) is 2.39. The van der Waals surface area contributed by atoms with Crippen LogP contribution in [0.4, 0.5) is 0 Å². The largest absolute Gasteiger partial charge is 0.460 e. The third kappa shape index (κ3) is 11.6. The van der Waals surface area contributed by atoms with Crippen LogP contribution >= 0.6 is 0 Å². The Morgan fingerprint density at radius 1 is 1.22 bits per heavy atom. The van der Waals surface area contributed by atoms with E-state index in [1.54, 1.807) is 6.08 Å². The highest BCUT2D eigenvalue weighted by molar-refractivity contribution is 5.81. The molecular formula is C14H26O4. The van der Waals surface area contributed by atoms with E-state index in [0.717, 1.165) is 12.8 Å². The molecule has 106 valence electrons. The van der Waals surface area contributed by atoms with Gasteiger partial charge in [-0.2, -0.15) is 0 Å². The summed E-state index contributed by atoms with van der Waals surface area (Å²) < 4.78 is 4.72. The van der Waals surface area contributed by atoms with Gasteiger partial charge in [0.05, 0.1) is 6.61 Å². The summed E-state index contributed by atoms with van der Waals surface area (Å²) in [5.41, 5.74) is 0. The molecule has 0 saturated carbocycles. The Morgan fingerprint density at radius 2 is 1.89 bits per heavy atom. The number of hydrogen-bond acceptors (Lipinski definition) is 4. The van der Waals surface area contributed by atoms with Crippen LogP contribution in [0, 0.1) is 0 Å². The third-order valence-electron chi connectivity index (χ3n) is 2.61. The number of carbonyl (C=O) groups is 1. The Morgan fingerprint density at radius 3 is 2.56 bits per heavy atom. The number of esters is 1. The summed E-state index contributed by atoms with van der Waals surface area (Å²) >= 11 is 0. The van der Waals surface area contributed by atoms with Crippen molar-refractivity contribution in [2.45, 2.75) is 58.0 Å². The van der Waals surface area contributed by atoms with Crippen molar-refractivity contribution in [1.82, 2.24) is 0 Å². The number of aliphatic hydroxyl groups excluding tert-OH is 2. The fraction of sp³-hybridized carbons (Fsp3) is 0.786. The summed E-state index contributed by atoms with van der Waals surface area (Å²) in [6, 6.07) is 0. The van der Waals surface area contributed by atoms with Crippen molar-refractivity contribution in [3.63, 3.8) is 0 Å². The summed E-state index contributed by atoms with van der Waals surface area (Å²) in [6.45, 7) is 1.65. The molecule has 0 aliphatic heterocycles. The molecule has 0 aromatic carbocycles. The predicted molar refractivity (Wildman–Crippen MR) is 71.2 cm³/mol. The Balaban J connectivity index is 3.37. The topological polar surface area (TPSA) is 66.8 Å². The summed E-state index contributed by atoms with van der Waals surface area (Å²) in [4.78, 5) is 11.1. The van der Waals surface area contributed by atoms with Crippen molar-refractivity contribution in [3.8, 4) is 0 Å². The minimum atomic E-state index is -0.985. The molecule has 0 radical (unpaired) electrons. The summed E-state index contributed by atoms with van der Waals surface area (Å²) in [5, 5.41) is 17.5. The lowest BCUT2D eigenvalue weighted by molar-refractivity contribution is -0.141. The Hall–Kier alpha value is -0.870. The van der Waals surface area contributed by atoms with E-state index in [9.17, 15) is 4.79 Å². The molecule has 0 spiro atoms. The number of aliphatic hydroxyl groups is 2. The molecule has 4 nitrogen and oxygen atoms in total. The molecule has 18 heavy (non-hydrogen) atoms. The lowest BCUT2D eigenvalue weighted by Gasteiger charge is -2.05. The van der Waals surface area contributed by atoms with Gasteiger partial charge < -0.3 is 14.9 Å². The van der Waals surface area contributed by atoms with Crippen molar-refractivity contribution in [2.24, 2.45) is 0 Å². The molecule has 0 aromatic heterocycles. The van der Waals surface area contributed by atoms with Gasteiger partial charge in [0.25, 0.3) is 0 Å². The van der Waals surface area contributed by atoms with Gasteiger partial charge in [-0.1, -0.05) is 45.1 Å². The summed E-state index contributed by atoms with van der Waals surface area (Å²) in [7, 11) is 0. The molecule has 0 heterocycles. The molecule has 2 N–H and O–H groups in total. The highest BCUT2D eigenvalue weighted by Gasteiger charge is 2.04. The van der Waals surface area contributed by atoms with E-state index < -0.39 is 18.7 Å². The van der Waals surface area contributed by atoms with E-state index in [-0.39, 0.29) is 6.61 Å². The van der Waals surface area contributed by atoms with E-state index >= 15 is 0 Å². The van der Waals surface area contributed by atoms with Gasteiger partial charge in [-0.3, -0.25) is 0 Å². The normalized spacial score (nSPS) is 12.8. The van der Waals surface area contributed by atoms with Crippen molar-refractivity contribution >= 4 is 5.97 Å². The predicted octanol–water partition coefficient (Wildman–Crippen LogP) is 2.19. The smallest absolute Gasteiger partial charge is 0.330 e.